The summed E-state index contributed by atoms with van der Waals surface area (Å²) in [5, 5.41) is 0. The standard InChI is InChI=1S/C9H17NO.C2H6/c1-7(2)9(10)3-8(4-9)5-11-6-8;1-2/h7H,3-6,10H2,1-2H3;1-2H3. The van der Waals surface area contributed by atoms with Crippen LogP contribution in [-0.4, -0.2) is 18.8 Å². The zero-order valence-electron chi connectivity index (χ0n) is 9.39. The van der Waals surface area contributed by atoms with Crippen molar-refractivity contribution >= 4 is 0 Å². The van der Waals surface area contributed by atoms with Crippen molar-refractivity contribution in [2.45, 2.75) is 46.1 Å². The molecule has 1 spiro atoms. The molecule has 13 heavy (non-hydrogen) atoms. The second-order valence-corrected chi connectivity index (χ2v) is 4.73. The number of ether oxygens (including phenoxy) is 1. The summed E-state index contributed by atoms with van der Waals surface area (Å²) in [7, 11) is 0. The molecular formula is C11H23NO. The van der Waals surface area contributed by atoms with Crippen LogP contribution in [0.2, 0.25) is 0 Å². The van der Waals surface area contributed by atoms with Gasteiger partial charge >= 0.3 is 0 Å². The van der Waals surface area contributed by atoms with Gasteiger partial charge in [0, 0.05) is 11.0 Å². The highest BCUT2D eigenvalue weighted by Gasteiger charge is 2.57. The molecule has 2 aliphatic rings. The van der Waals surface area contributed by atoms with E-state index in [9.17, 15) is 0 Å². The molecule has 2 rings (SSSR count). The zero-order valence-corrected chi connectivity index (χ0v) is 9.39. The largest absolute Gasteiger partial charge is 0.380 e. The molecule has 2 N–H and O–H groups in total. The Morgan fingerprint density at radius 2 is 1.62 bits per heavy atom. The summed E-state index contributed by atoms with van der Waals surface area (Å²) in [5.74, 6) is 0.619. The zero-order chi connectivity index (χ0) is 10.1. The van der Waals surface area contributed by atoms with E-state index in [1.165, 1.54) is 12.8 Å². The van der Waals surface area contributed by atoms with Gasteiger partial charge in [-0.1, -0.05) is 27.7 Å². The van der Waals surface area contributed by atoms with Gasteiger partial charge in [0.05, 0.1) is 13.2 Å². The first-order chi connectivity index (χ1) is 6.06. The normalized spacial score (nSPS) is 27.2. The lowest BCUT2D eigenvalue weighted by molar-refractivity contribution is -0.193. The van der Waals surface area contributed by atoms with Gasteiger partial charge in [0.25, 0.3) is 0 Å². The van der Waals surface area contributed by atoms with Gasteiger partial charge in [-0.2, -0.15) is 0 Å². The molecule has 1 saturated carbocycles. The fourth-order valence-electron chi connectivity index (χ4n) is 2.35. The molecule has 0 radical (unpaired) electrons. The molecule has 0 atom stereocenters. The molecule has 2 fully saturated rings. The Morgan fingerprint density at radius 3 is 1.85 bits per heavy atom. The second-order valence-electron chi connectivity index (χ2n) is 4.73. The highest BCUT2D eigenvalue weighted by molar-refractivity contribution is 5.11. The summed E-state index contributed by atoms with van der Waals surface area (Å²) in [6.45, 7) is 10.3. The van der Waals surface area contributed by atoms with Crippen molar-refractivity contribution in [3.8, 4) is 0 Å². The average molecular weight is 185 g/mol. The van der Waals surface area contributed by atoms with Gasteiger partial charge in [-0.05, 0) is 18.8 Å². The van der Waals surface area contributed by atoms with Gasteiger partial charge in [0.15, 0.2) is 0 Å². The Labute approximate surface area is 81.8 Å². The average Bonchev–Trinajstić information content (AvgIpc) is 1.98. The van der Waals surface area contributed by atoms with Crippen LogP contribution in [0.1, 0.15) is 40.5 Å². The molecule has 78 valence electrons. The highest BCUT2D eigenvalue weighted by atomic mass is 16.5. The van der Waals surface area contributed by atoms with Crippen LogP contribution in [0.4, 0.5) is 0 Å². The first-order valence-electron chi connectivity index (χ1n) is 5.43. The van der Waals surface area contributed by atoms with E-state index < -0.39 is 0 Å². The van der Waals surface area contributed by atoms with Crippen LogP contribution in [0.25, 0.3) is 0 Å². The predicted molar refractivity (Wildman–Crippen MR) is 55.6 cm³/mol. The van der Waals surface area contributed by atoms with Crippen LogP contribution in [-0.2, 0) is 4.74 Å². The van der Waals surface area contributed by atoms with Crippen LogP contribution >= 0.6 is 0 Å². The molecule has 1 aliphatic carbocycles. The van der Waals surface area contributed by atoms with Crippen LogP contribution in [0.15, 0.2) is 0 Å². The van der Waals surface area contributed by atoms with E-state index in [0.29, 0.717) is 11.3 Å². The SMILES string of the molecule is CC.CC(C)C1(N)CC2(COC2)C1. The molecule has 0 unspecified atom stereocenters. The van der Waals surface area contributed by atoms with Gasteiger partial charge in [0.1, 0.15) is 0 Å². The topological polar surface area (TPSA) is 35.2 Å². The van der Waals surface area contributed by atoms with E-state index in [1.807, 2.05) is 13.8 Å². The maximum Gasteiger partial charge on any atom is 0.0546 e. The van der Waals surface area contributed by atoms with Crippen LogP contribution in [0, 0.1) is 11.3 Å². The minimum Gasteiger partial charge on any atom is -0.380 e. The Morgan fingerprint density at radius 1 is 1.15 bits per heavy atom. The quantitative estimate of drug-likeness (QED) is 0.679. The van der Waals surface area contributed by atoms with E-state index in [0.717, 1.165) is 13.2 Å². The van der Waals surface area contributed by atoms with Crippen molar-refractivity contribution in [3.05, 3.63) is 0 Å². The molecule has 0 aromatic carbocycles. The van der Waals surface area contributed by atoms with Gasteiger partial charge < -0.3 is 10.5 Å². The van der Waals surface area contributed by atoms with Crippen molar-refractivity contribution < 1.29 is 4.74 Å². The Hall–Kier alpha value is -0.0800. The maximum atomic E-state index is 6.18. The Balaban J connectivity index is 0.000000396. The molecule has 2 heteroatoms. The molecule has 0 aromatic rings. The van der Waals surface area contributed by atoms with Gasteiger partial charge in [-0.25, -0.2) is 0 Å². The number of rotatable bonds is 1. The van der Waals surface area contributed by atoms with Crippen molar-refractivity contribution in [1.82, 2.24) is 0 Å². The van der Waals surface area contributed by atoms with E-state index in [-0.39, 0.29) is 5.54 Å². The molecule has 2 nitrogen and oxygen atoms in total. The summed E-state index contributed by atoms with van der Waals surface area (Å²) in [5.41, 5.74) is 6.82. The number of hydrogen-bond donors (Lipinski definition) is 1. The Kier molecular flexibility index (Phi) is 3.03. The molecule has 1 heterocycles. The molecular weight excluding hydrogens is 162 g/mol. The smallest absolute Gasteiger partial charge is 0.0546 e. The van der Waals surface area contributed by atoms with Crippen LogP contribution < -0.4 is 5.73 Å². The lowest BCUT2D eigenvalue weighted by Crippen LogP contribution is -2.67. The lowest BCUT2D eigenvalue weighted by atomic mass is 9.53. The Bertz CT molecular complexity index is 165. The fraction of sp³-hybridized carbons (Fsp3) is 1.00. The van der Waals surface area contributed by atoms with Crippen molar-refractivity contribution in [3.63, 3.8) is 0 Å². The third-order valence-electron chi connectivity index (χ3n) is 3.37. The highest BCUT2D eigenvalue weighted by Crippen LogP contribution is 2.54. The third-order valence-corrected chi connectivity index (χ3v) is 3.37. The van der Waals surface area contributed by atoms with Gasteiger partial charge in [-0.15, -0.1) is 0 Å². The number of hydrogen-bond acceptors (Lipinski definition) is 2. The fourth-order valence-corrected chi connectivity index (χ4v) is 2.35. The van der Waals surface area contributed by atoms with Gasteiger partial charge in [-0.3, -0.25) is 0 Å². The monoisotopic (exact) mass is 185 g/mol. The van der Waals surface area contributed by atoms with E-state index in [4.69, 9.17) is 10.5 Å². The van der Waals surface area contributed by atoms with Crippen molar-refractivity contribution in [2.75, 3.05) is 13.2 Å². The molecule has 1 aliphatic heterocycles. The molecule has 0 amide bonds. The minimum absolute atomic E-state index is 0.129. The molecule has 0 bridgehead atoms. The molecule has 1 saturated heterocycles. The van der Waals surface area contributed by atoms with Crippen molar-refractivity contribution in [2.24, 2.45) is 17.1 Å². The molecule has 0 aromatic heterocycles. The summed E-state index contributed by atoms with van der Waals surface area (Å²) >= 11 is 0. The summed E-state index contributed by atoms with van der Waals surface area (Å²) in [6.07, 6.45) is 2.36. The second kappa shape index (κ2) is 3.58. The number of nitrogens with two attached hydrogens (primary N) is 1. The minimum atomic E-state index is 0.129. The first-order valence-corrected chi connectivity index (χ1v) is 5.43. The lowest BCUT2D eigenvalue weighted by Gasteiger charge is -2.60. The summed E-state index contributed by atoms with van der Waals surface area (Å²) in [6, 6.07) is 0. The first kappa shape index (κ1) is 11.0. The van der Waals surface area contributed by atoms with E-state index in [2.05, 4.69) is 13.8 Å². The van der Waals surface area contributed by atoms with Crippen molar-refractivity contribution in [1.29, 1.82) is 0 Å². The van der Waals surface area contributed by atoms with E-state index in [1.54, 1.807) is 0 Å². The summed E-state index contributed by atoms with van der Waals surface area (Å²) < 4.78 is 5.20. The van der Waals surface area contributed by atoms with Gasteiger partial charge in [0.2, 0.25) is 0 Å². The predicted octanol–water partition coefficient (Wildman–Crippen LogP) is 2.18. The maximum absolute atomic E-state index is 6.18. The third kappa shape index (κ3) is 1.75. The van der Waals surface area contributed by atoms with E-state index >= 15 is 0 Å². The van der Waals surface area contributed by atoms with Crippen LogP contribution in [0.3, 0.4) is 0 Å². The van der Waals surface area contributed by atoms with Crippen LogP contribution in [0.5, 0.6) is 0 Å². The summed E-state index contributed by atoms with van der Waals surface area (Å²) in [4.78, 5) is 0.